The van der Waals surface area contributed by atoms with Crippen LogP contribution in [0.1, 0.15) is 25.7 Å². The number of nitrogens with zero attached hydrogens (tertiary/aromatic N) is 4. The van der Waals surface area contributed by atoms with Gasteiger partial charge in [-0.05, 0) is 31.7 Å². The Bertz CT molecular complexity index is 415. The van der Waals surface area contributed by atoms with Crippen LogP contribution in [0.25, 0.3) is 0 Å². The van der Waals surface area contributed by atoms with E-state index in [0.717, 1.165) is 19.1 Å². The molecule has 19 heavy (non-hydrogen) atoms. The van der Waals surface area contributed by atoms with Gasteiger partial charge in [0.1, 0.15) is 12.7 Å². The van der Waals surface area contributed by atoms with Gasteiger partial charge in [0.15, 0.2) is 0 Å². The average molecular weight is 263 g/mol. The molecular weight excluding hydrogens is 242 g/mol. The molecule has 3 rings (SSSR count). The number of aryl methyl sites for hydroxylation is 1. The van der Waals surface area contributed by atoms with Crippen molar-refractivity contribution in [2.24, 2.45) is 5.92 Å². The van der Waals surface area contributed by atoms with Gasteiger partial charge in [-0.15, -0.1) is 0 Å². The summed E-state index contributed by atoms with van der Waals surface area (Å²) >= 11 is 0. The van der Waals surface area contributed by atoms with Crippen molar-refractivity contribution in [2.75, 3.05) is 19.6 Å². The highest BCUT2D eigenvalue weighted by Crippen LogP contribution is 2.31. The maximum Gasteiger partial charge on any atom is 0.221 e. The SMILES string of the molecule is O=C(CCn1cncn1)NCC1CCN(C2CC2)C1. The molecule has 1 aliphatic carbocycles. The molecule has 1 aromatic rings. The van der Waals surface area contributed by atoms with Gasteiger partial charge < -0.3 is 10.2 Å². The fraction of sp³-hybridized carbons (Fsp3) is 0.769. The van der Waals surface area contributed by atoms with E-state index in [9.17, 15) is 4.79 Å². The third kappa shape index (κ3) is 3.53. The Morgan fingerprint density at radius 2 is 2.26 bits per heavy atom. The molecule has 1 aliphatic heterocycles. The van der Waals surface area contributed by atoms with Gasteiger partial charge in [-0.2, -0.15) is 5.10 Å². The van der Waals surface area contributed by atoms with E-state index in [0.29, 0.717) is 18.9 Å². The number of likely N-dealkylation sites (tertiary alicyclic amines) is 1. The van der Waals surface area contributed by atoms with Gasteiger partial charge >= 0.3 is 0 Å². The summed E-state index contributed by atoms with van der Waals surface area (Å²) in [4.78, 5) is 18.2. The Balaban J connectivity index is 1.32. The van der Waals surface area contributed by atoms with Gasteiger partial charge in [-0.1, -0.05) is 0 Å². The van der Waals surface area contributed by atoms with E-state index in [1.165, 1.54) is 32.1 Å². The number of hydrogen-bond acceptors (Lipinski definition) is 4. The first-order valence-electron chi connectivity index (χ1n) is 7.14. The lowest BCUT2D eigenvalue weighted by molar-refractivity contribution is -0.121. The summed E-state index contributed by atoms with van der Waals surface area (Å²) in [7, 11) is 0. The van der Waals surface area contributed by atoms with E-state index < -0.39 is 0 Å². The normalized spacial score (nSPS) is 23.7. The van der Waals surface area contributed by atoms with Gasteiger partial charge in [0.2, 0.25) is 5.91 Å². The summed E-state index contributed by atoms with van der Waals surface area (Å²) < 4.78 is 1.68. The van der Waals surface area contributed by atoms with Gasteiger partial charge in [-0.3, -0.25) is 9.48 Å². The van der Waals surface area contributed by atoms with Crippen LogP contribution in [0.5, 0.6) is 0 Å². The maximum absolute atomic E-state index is 11.7. The zero-order valence-corrected chi connectivity index (χ0v) is 11.2. The molecular formula is C13H21N5O. The van der Waals surface area contributed by atoms with E-state index in [1.807, 2.05) is 0 Å². The standard InChI is InChI=1S/C13H21N5O/c19-13(4-6-18-10-14-9-16-18)15-7-11-3-5-17(8-11)12-1-2-12/h9-12H,1-8H2,(H,15,19). The monoisotopic (exact) mass is 263 g/mol. The minimum absolute atomic E-state index is 0.111. The molecule has 1 atom stereocenters. The lowest BCUT2D eigenvalue weighted by Gasteiger charge is -2.15. The van der Waals surface area contributed by atoms with Crippen LogP contribution in [0.2, 0.25) is 0 Å². The van der Waals surface area contributed by atoms with E-state index in [1.54, 1.807) is 11.0 Å². The quantitative estimate of drug-likeness (QED) is 0.800. The molecule has 0 radical (unpaired) electrons. The molecule has 1 saturated carbocycles. The second kappa shape index (κ2) is 5.69. The Labute approximate surface area is 113 Å². The van der Waals surface area contributed by atoms with Crippen molar-refractivity contribution in [2.45, 2.75) is 38.3 Å². The summed E-state index contributed by atoms with van der Waals surface area (Å²) in [5, 5.41) is 7.02. The van der Waals surface area contributed by atoms with Gasteiger partial charge in [0.05, 0.1) is 6.54 Å². The highest BCUT2D eigenvalue weighted by atomic mass is 16.1. The third-order valence-corrected chi connectivity index (χ3v) is 4.00. The van der Waals surface area contributed by atoms with Crippen LogP contribution >= 0.6 is 0 Å². The number of nitrogens with one attached hydrogen (secondary N) is 1. The molecule has 6 heteroatoms. The third-order valence-electron chi connectivity index (χ3n) is 4.00. The van der Waals surface area contributed by atoms with Crippen molar-refractivity contribution in [3.05, 3.63) is 12.7 Å². The highest BCUT2D eigenvalue weighted by Gasteiger charge is 2.34. The first-order chi connectivity index (χ1) is 9.31. The Morgan fingerprint density at radius 3 is 3.00 bits per heavy atom. The number of carbonyl (C=O) groups is 1. The molecule has 1 saturated heterocycles. The van der Waals surface area contributed by atoms with Gasteiger partial charge in [-0.25, -0.2) is 4.98 Å². The zero-order valence-electron chi connectivity index (χ0n) is 11.2. The van der Waals surface area contributed by atoms with Crippen LogP contribution in [-0.4, -0.2) is 51.2 Å². The molecule has 104 valence electrons. The Morgan fingerprint density at radius 1 is 1.37 bits per heavy atom. The molecule has 1 unspecified atom stereocenters. The van der Waals surface area contributed by atoms with E-state index in [4.69, 9.17) is 0 Å². The van der Waals surface area contributed by atoms with Crippen molar-refractivity contribution in [3.63, 3.8) is 0 Å². The highest BCUT2D eigenvalue weighted by molar-refractivity contribution is 5.75. The van der Waals surface area contributed by atoms with E-state index in [2.05, 4.69) is 20.3 Å². The number of aromatic nitrogens is 3. The molecule has 0 bridgehead atoms. The van der Waals surface area contributed by atoms with Crippen LogP contribution < -0.4 is 5.32 Å². The summed E-state index contributed by atoms with van der Waals surface area (Å²) in [6, 6.07) is 0.855. The van der Waals surface area contributed by atoms with Crippen molar-refractivity contribution in [1.29, 1.82) is 0 Å². The topological polar surface area (TPSA) is 63.1 Å². The fourth-order valence-corrected chi connectivity index (χ4v) is 2.71. The van der Waals surface area contributed by atoms with Gasteiger partial charge in [0.25, 0.3) is 0 Å². The number of hydrogen-bond donors (Lipinski definition) is 1. The summed E-state index contributed by atoms with van der Waals surface area (Å²) in [6.45, 7) is 3.79. The molecule has 1 amide bonds. The number of carbonyl (C=O) groups excluding carboxylic acids is 1. The second-order valence-electron chi connectivity index (χ2n) is 5.59. The van der Waals surface area contributed by atoms with Crippen LogP contribution in [0.4, 0.5) is 0 Å². The lowest BCUT2D eigenvalue weighted by atomic mass is 10.1. The van der Waals surface area contributed by atoms with Crippen molar-refractivity contribution in [1.82, 2.24) is 25.0 Å². The summed E-state index contributed by atoms with van der Waals surface area (Å²) in [6.07, 6.45) is 7.57. The van der Waals surface area contributed by atoms with Crippen molar-refractivity contribution < 1.29 is 4.79 Å². The maximum atomic E-state index is 11.7. The predicted octanol–water partition coefficient (Wildman–Crippen LogP) is 0.269. The van der Waals surface area contributed by atoms with Crippen LogP contribution in [0, 0.1) is 5.92 Å². The molecule has 0 spiro atoms. The van der Waals surface area contributed by atoms with Crippen molar-refractivity contribution >= 4 is 5.91 Å². The Hall–Kier alpha value is -1.43. The minimum Gasteiger partial charge on any atom is -0.356 e. The summed E-state index contributed by atoms with van der Waals surface area (Å²) in [5.41, 5.74) is 0. The number of rotatable bonds is 6. The first-order valence-corrected chi connectivity index (χ1v) is 7.14. The smallest absolute Gasteiger partial charge is 0.221 e. The fourth-order valence-electron chi connectivity index (χ4n) is 2.71. The molecule has 6 nitrogen and oxygen atoms in total. The van der Waals surface area contributed by atoms with Crippen molar-refractivity contribution in [3.8, 4) is 0 Å². The second-order valence-corrected chi connectivity index (χ2v) is 5.59. The van der Waals surface area contributed by atoms with Crippen LogP contribution in [0.3, 0.4) is 0 Å². The molecule has 0 aromatic carbocycles. The molecule has 2 heterocycles. The zero-order chi connectivity index (χ0) is 13.1. The molecule has 2 aliphatic rings. The van der Waals surface area contributed by atoms with Gasteiger partial charge in [0, 0.05) is 25.6 Å². The average Bonchev–Trinajstić information content (AvgIpc) is 2.95. The molecule has 1 N–H and O–H groups in total. The number of amides is 1. The largest absolute Gasteiger partial charge is 0.356 e. The minimum atomic E-state index is 0.111. The molecule has 1 aromatic heterocycles. The van der Waals surface area contributed by atoms with Crippen LogP contribution in [0.15, 0.2) is 12.7 Å². The predicted molar refractivity (Wildman–Crippen MR) is 70.4 cm³/mol. The van der Waals surface area contributed by atoms with E-state index in [-0.39, 0.29) is 5.91 Å². The summed E-state index contributed by atoms with van der Waals surface area (Å²) in [5.74, 6) is 0.747. The lowest BCUT2D eigenvalue weighted by Crippen LogP contribution is -2.32. The first kappa shape index (κ1) is 12.6. The van der Waals surface area contributed by atoms with Crippen LogP contribution in [-0.2, 0) is 11.3 Å². The Kier molecular flexibility index (Phi) is 3.77. The van der Waals surface area contributed by atoms with E-state index >= 15 is 0 Å². The molecule has 2 fully saturated rings.